The van der Waals surface area contributed by atoms with E-state index in [1.807, 2.05) is 31.2 Å². The molecule has 0 aliphatic heterocycles. The molecule has 0 saturated carbocycles. The van der Waals surface area contributed by atoms with Crippen molar-refractivity contribution in [1.82, 2.24) is 9.71 Å². The highest BCUT2D eigenvalue weighted by Crippen LogP contribution is 2.15. The van der Waals surface area contributed by atoms with Crippen molar-refractivity contribution in [1.29, 1.82) is 0 Å². The normalized spacial score (nSPS) is 11.8. The Balaban J connectivity index is 1.67. The van der Waals surface area contributed by atoms with Gasteiger partial charge in [0.15, 0.2) is 0 Å². The second-order valence-corrected chi connectivity index (χ2v) is 8.44. The molecule has 2 N–H and O–H groups in total. The van der Waals surface area contributed by atoms with Gasteiger partial charge in [-0.05, 0) is 48.1 Å². The number of pyridine rings is 1. The quantitative estimate of drug-likeness (QED) is 0.678. The van der Waals surface area contributed by atoms with E-state index < -0.39 is 10.0 Å². The number of H-pyrrole nitrogens is 1. The summed E-state index contributed by atoms with van der Waals surface area (Å²) in [5.74, 6) is -0.128. The summed E-state index contributed by atoms with van der Waals surface area (Å²) in [7, 11) is -3.49. The molecule has 1 heterocycles. The molecule has 0 aliphatic rings. The Morgan fingerprint density at radius 2 is 1.85 bits per heavy atom. The van der Waals surface area contributed by atoms with Gasteiger partial charge in [-0.1, -0.05) is 41.9 Å². The Hall–Kier alpha value is -2.15. The standard InChI is InChI=1S/C19H19ClN2O3S/c1-13-3-2-4-15-11-16(19(23)22-18(13)15)9-10-21-26(24,25)12-14-5-7-17(20)8-6-14/h2-8,11,21H,9-10,12H2,1H3,(H,22,23). The first-order chi connectivity index (χ1) is 12.3. The predicted octanol–water partition coefficient (Wildman–Crippen LogP) is 3.15. The van der Waals surface area contributed by atoms with Gasteiger partial charge < -0.3 is 4.98 Å². The third kappa shape index (κ3) is 4.52. The highest BCUT2D eigenvalue weighted by Gasteiger charge is 2.12. The Labute approximate surface area is 157 Å². The van der Waals surface area contributed by atoms with Crippen molar-refractivity contribution in [2.75, 3.05) is 6.54 Å². The summed E-state index contributed by atoms with van der Waals surface area (Å²) in [6.07, 6.45) is 0.319. The molecular weight excluding hydrogens is 372 g/mol. The maximum absolute atomic E-state index is 12.2. The van der Waals surface area contributed by atoms with Crippen LogP contribution >= 0.6 is 11.6 Å². The number of para-hydroxylation sites is 1. The lowest BCUT2D eigenvalue weighted by atomic mass is 10.1. The highest BCUT2D eigenvalue weighted by atomic mass is 35.5. The van der Waals surface area contributed by atoms with Crippen LogP contribution in [-0.4, -0.2) is 19.9 Å². The van der Waals surface area contributed by atoms with E-state index in [9.17, 15) is 13.2 Å². The smallest absolute Gasteiger partial charge is 0.251 e. The first-order valence-corrected chi connectivity index (χ1v) is 10.2. The van der Waals surface area contributed by atoms with Crippen LogP contribution in [-0.2, 0) is 22.2 Å². The molecule has 0 amide bonds. The number of aromatic amines is 1. The molecule has 0 radical (unpaired) electrons. The Kier molecular flexibility index (Phi) is 5.46. The largest absolute Gasteiger partial charge is 0.321 e. The molecule has 2 aromatic carbocycles. The van der Waals surface area contributed by atoms with E-state index in [0.717, 1.165) is 16.5 Å². The first-order valence-electron chi connectivity index (χ1n) is 8.17. The summed E-state index contributed by atoms with van der Waals surface area (Å²) in [6.45, 7) is 2.10. The average molecular weight is 391 g/mol. The van der Waals surface area contributed by atoms with Gasteiger partial charge in [0.25, 0.3) is 5.56 Å². The van der Waals surface area contributed by atoms with E-state index in [2.05, 4.69) is 9.71 Å². The number of hydrogen-bond donors (Lipinski definition) is 2. The third-order valence-electron chi connectivity index (χ3n) is 4.15. The van der Waals surface area contributed by atoms with Gasteiger partial charge in [0.1, 0.15) is 0 Å². The maximum Gasteiger partial charge on any atom is 0.251 e. The summed E-state index contributed by atoms with van der Waals surface area (Å²) in [5.41, 5.74) is 2.82. The molecule has 26 heavy (non-hydrogen) atoms. The fourth-order valence-electron chi connectivity index (χ4n) is 2.81. The van der Waals surface area contributed by atoms with E-state index >= 15 is 0 Å². The molecule has 3 aromatic rings. The van der Waals surface area contributed by atoms with E-state index in [4.69, 9.17) is 11.6 Å². The molecule has 0 unspecified atom stereocenters. The van der Waals surface area contributed by atoms with Crippen LogP contribution in [0.2, 0.25) is 5.02 Å². The van der Waals surface area contributed by atoms with Gasteiger partial charge in [-0.3, -0.25) is 4.79 Å². The highest BCUT2D eigenvalue weighted by molar-refractivity contribution is 7.88. The lowest BCUT2D eigenvalue weighted by Gasteiger charge is -2.08. The van der Waals surface area contributed by atoms with Gasteiger partial charge in [-0.15, -0.1) is 0 Å². The van der Waals surface area contributed by atoms with Crippen molar-refractivity contribution in [3.05, 3.63) is 80.6 Å². The number of aromatic nitrogens is 1. The SMILES string of the molecule is Cc1cccc2cc(CCNS(=O)(=O)Cc3ccc(Cl)cc3)c(=O)[nH]c12. The first kappa shape index (κ1) is 18.6. The molecule has 136 valence electrons. The molecule has 0 fully saturated rings. The molecule has 0 saturated heterocycles. The van der Waals surface area contributed by atoms with Crippen LogP contribution in [0.3, 0.4) is 0 Å². The van der Waals surface area contributed by atoms with Gasteiger partial charge in [0.05, 0.1) is 11.3 Å². The van der Waals surface area contributed by atoms with Crippen molar-refractivity contribution in [3.8, 4) is 0 Å². The Morgan fingerprint density at radius 1 is 1.12 bits per heavy atom. The van der Waals surface area contributed by atoms with Crippen LogP contribution in [0.25, 0.3) is 10.9 Å². The minimum atomic E-state index is -3.49. The van der Waals surface area contributed by atoms with Gasteiger partial charge in [-0.25, -0.2) is 13.1 Å². The molecule has 0 spiro atoms. The molecule has 0 bridgehead atoms. The van der Waals surface area contributed by atoms with Gasteiger partial charge >= 0.3 is 0 Å². The van der Waals surface area contributed by atoms with Crippen molar-refractivity contribution in [2.45, 2.75) is 19.1 Å². The minimum Gasteiger partial charge on any atom is -0.321 e. The molecule has 0 atom stereocenters. The molecule has 5 nitrogen and oxygen atoms in total. The number of aryl methyl sites for hydroxylation is 1. The second-order valence-electron chi connectivity index (χ2n) is 6.19. The van der Waals surface area contributed by atoms with E-state index in [0.29, 0.717) is 22.6 Å². The number of sulfonamides is 1. The van der Waals surface area contributed by atoms with Crippen LogP contribution in [0.5, 0.6) is 0 Å². The number of hydrogen-bond acceptors (Lipinski definition) is 3. The van der Waals surface area contributed by atoms with E-state index in [1.165, 1.54) is 0 Å². The van der Waals surface area contributed by atoms with Crippen molar-refractivity contribution in [2.24, 2.45) is 0 Å². The predicted molar refractivity (Wildman–Crippen MR) is 105 cm³/mol. The van der Waals surface area contributed by atoms with Gasteiger partial charge in [-0.2, -0.15) is 0 Å². The molecule has 1 aromatic heterocycles. The monoisotopic (exact) mass is 390 g/mol. The van der Waals surface area contributed by atoms with E-state index in [-0.39, 0.29) is 17.9 Å². The topological polar surface area (TPSA) is 79.0 Å². The summed E-state index contributed by atoms with van der Waals surface area (Å²) in [4.78, 5) is 15.1. The third-order valence-corrected chi connectivity index (χ3v) is 5.76. The average Bonchev–Trinajstić information content (AvgIpc) is 2.58. The summed E-state index contributed by atoms with van der Waals surface area (Å²) >= 11 is 5.80. The lowest BCUT2D eigenvalue weighted by Crippen LogP contribution is -2.28. The Bertz CT molecular complexity index is 1090. The molecular formula is C19H19ClN2O3S. The van der Waals surface area contributed by atoms with Crippen LogP contribution < -0.4 is 10.3 Å². The van der Waals surface area contributed by atoms with Crippen molar-refractivity contribution >= 4 is 32.5 Å². The maximum atomic E-state index is 12.2. The van der Waals surface area contributed by atoms with E-state index in [1.54, 1.807) is 24.3 Å². The summed E-state index contributed by atoms with van der Waals surface area (Å²) in [5, 5.41) is 1.49. The van der Waals surface area contributed by atoms with Crippen LogP contribution in [0.1, 0.15) is 16.7 Å². The summed E-state index contributed by atoms with van der Waals surface area (Å²) in [6, 6.07) is 14.3. The number of rotatable bonds is 6. The van der Waals surface area contributed by atoms with Gasteiger partial charge in [0, 0.05) is 17.1 Å². The van der Waals surface area contributed by atoms with Crippen molar-refractivity contribution < 1.29 is 8.42 Å². The minimum absolute atomic E-state index is 0.128. The van der Waals surface area contributed by atoms with Gasteiger partial charge in [0.2, 0.25) is 10.0 Å². The zero-order valence-corrected chi connectivity index (χ0v) is 15.8. The van der Waals surface area contributed by atoms with Crippen LogP contribution in [0.15, 0.2) is 53.3 Å². The number of fused-ring (bicyclic) bond motifs is 1. The fraction of sp³-hybridized carbons (Fsp3) is 0.211. The molecule has 7 heteroatoms. The van der Waals surface area contributed by atoms with Crippen molar-refractivity contribution in [3.63, 3.8) is 0 Å². The zero-order valence-electron chi connectivity index (χ0n) is 14.3. The van der Waals surface area contributed by atoms with Crippen LogP contribution in [0.4, 0.5) is 0 Å². The van der Waals surface area contributed by atoms with Crippen LogP contribution in [0, 0.1) is 6.92 Å². The fourth-order valence-corrected chi connectivity index (χ4v) is 4.08. The Morgan fingerprint density at radius 3 is 2.58 bits per heavy atom. The lowest BCUT2D eigenvalue weighted by molar-refractivity contribution is 0.580. The number of halogens is 1. The zero-order chi connectivity index (χ0) is 18.7. The second kappa shape index (κ2) is 7.61. The molecule has 0 aliphatic carbocycles. The number of nitrogens with one attached hydrogen (secondary N) is 2. The number of benzene rings is 2. The summed E-state index contributed by atoms with van der Waals surface area (Å²) < 4.78 is 26.9. The molecule has 3 rings (SSSR count).